The maximum Gasteiger partial charge on any atom is 0.0441 e. The van der Waals surface area contributed by atoms with Crippen molar-refractivity contribution in [3.63, 3.8) is 0 Å². The van der Waals surface area contributed by atoms with E-state index in [1.807, 2.05) is 26.8 Å². The second-order valence-electron chi connectivity index (χ2n) is 2.92. The molecule has 14 heavy (non-hydrogen) atoms. The summed E-state index contributed by atoms with van der Waals surface area (Å²) in [6.45, 7) is 8.73. The Labute approximate surface area is 92.3 Å². The fraction of sp³-hybridized carbons (Fsp3) is 0.500. The number of nitrogens with two attached hydrogens (primary N) is 1. The first-order valence-corrected chi connectivity index (χ1v) is 5.54. The lowest BCUT2D eigenvalue weighted by atomic mass is 10.0. The summed E-state index contributed by atoms with van der Waals surface area (Å²) in [7, 11) is 0. The largest absolute Gasteiger partial charge is 0.326 e. The first-order chi connectivity index (χ1) is 6.69. The molecule has 0 aliphatic heterocycles. The molecule has 0 aromatic heterocycles. The van der Waals surface area contributed by atoms with Gasteiger partial charge >= 0.3 is 0 Å². The Morgan fingerprint density at radius 1 is 1.29 bits per heavy atom. The first kappa shape index (κ1) is 13.5. The maximum atomic E-state index is 6.02. The van der Waals surface area contributed by atoms with E-state index in [1.165, 1.54) is 11.1 Å². The van der Waals surface area contributed by atoms with Gasteiger partial charge in [-0.2, -0.15) is 0 Å². The van der Waals surface area contributed by atoms with Gasteiger partial charge in [0.05, 0.1) is 0 Å². The standard InChI is InChI=1S/C10H14ClN.C2H6/c1-3-9-4-8(6-12)5-10(11)7(9)2;1-2/h4-5H,3,6,12H2,1-2H3;1-2H3. The molecule has 1 aromatic rings. The molecule has 1 nitrogen and oxygen atoms in total. The minimum absolute atomic E-state index is 0.562. The molecule has 0 amide bonds. The van der Waals surface area contributed by atoms with Crippen LogP contribution < -0.4 is 5.73 Å². The van der Waals surface area contributed by atoms with Crippen LogP contribution in [0.3, 0.4) is 0 Å². The molecule has 0 aliphatic rings. The van der Waals surface area contributed by atoms with E-state index in [1.54, 1.807) is 0 Å². The van der Waals surface area contributed by atoms with E-state index in [0.29, 0.717) is 6.54 Å². The Morgan fingerprint density at radius 3 is 2.29 bits per heavy atom. The summed E-state index contributed by atoms with van der Waals surface area (Å²) < 4.78 is 0. The predicted octanol–water partition coefficient (Wildman–Crippen LogP) is 3.70. The van der Waals surface area contributed by atoms with Crippen molar-refractivity contribution in [2.75, 3.05) is 0 Å². The summed E-state index contributed by atoms with van der Waals surface area (Å²) in [5, 5.41) is 0.829. The van der Waals surface area contributed by atoms with Crippen LogP contribution in [-0.2, 0) is 13.0 Å². The number of benzene rings is 1. The SMILES string of the molecule is CC.CCc1cc(CN)cc(Cl)c1C. The average molecular weight is 214 g/mol. The highest BCUT2D eigenvalue weighted by Crippen LogP contribution is 2.21. The van der Waals surface area contributed by atoms with Gasteiger partial charge in [-0.3, -0.25) is 0 Å². The molecular formula is C12H20ClN. The zero-order valence-corrected chi connectivity index (χ0v) is 10.3. The molecule has 0 saturated carbocycles. The van der Waals surface area contributed by atoms with E-state index in [2.05, 4.69) is 13.0 Å². The van der Waals surface area contributed by atoms with Gasteiger partial charge in [-0.05, 0) is 36.1 Å². The maximum absolute atomic E-state index is 6.02. The third kappa shape index (κ3) is 3.32. The molecule has 0 bridgehead atoms. The molecule has 0 radical (unpaired) electrons. The van der Waals surface area contributed by atoms with Crippen molar-refractivity contribution in [3.05, 3.63) is 33.8 Å². The lowest BCUT2D eigenvalue weighted by Crippen LogP contribution is -1.99. The molecule has 2 N–H and O–H groups in total. The van der Waals surface area contributed by atoms with Crippen molar-refractivity contribution in [2.24, 2.45) is 5.73 Å². The van der Waals surface area contributed by atoms with Crippen molar-refractivity contribution < 1.29 is 0 Å². The van der Waals surface area contributed by atoms with Crippen LogP contribution in [0.15, 0.2) is 12.1 Å². The van der Waals surface area contributed by atoms with Gasteiger partial charge < -0.3 is 5.73 Å². The lowest BCUT2D eigenvalue weighted by Gasteiger charge is -2.07. The van der Waals surface area contributed by atoms with E-state index in [4.69, 9.17) is 17.3 Å². The molecule has 0 heterocycles. The van der Waals surface area contributed by atoms with Gasteiger partial charge in [0.25, 0.3) is 0 Å². The van der Waals surface area contributed by atoms with E-state index >= 15 is 0 Å². The van der Waals surface area contributed by atoms with Gasteiger partial charge in [-0.1, -0.05) is 38.4 Å². The van der Waals surface area contributed by atoms with E-state index in [9.17, 15) is 0 Å². The molecular weight excluding hydrogens is 194 g/mol. The lowest BCUT2D eigenvalue weighted by molar-refractivity contribution is 1.03. The van der Waals surface area contributed by atoms with E-state index in [0.717, 1.165) is 17.0 Å². The molecule has 0 unspecified atom stereocenters. The Hall–Kier alpha value is -0.530. The van der Waals surface area contributed by atoms with Crippen molar-refractivity contribution in [2.45, 2.75) is 40.7 Å². The number of aryl methyl sites for hydroxylation is 1. The molecule has 0 fully saturated rings. The van der Waals surface area contributed by atoms with Crippen LogP contribution >= 0.6 is 11.6 Å². The van der Waals surface area contributed by atoms with Crippen LogP contribution in [-0.4, -0.2) is 0 Å². The third-order valence-corrected chi connectivity index (χ3v) is 2.52. The molecule has 1 rings (SSSR count). The Morgan fingerprint density at radius 2 is 1.86 bits per heavy atom. The molecule has 2 heteroatoms. The number of hydrogen-bond donors (Lipinski definition) is 1. The zero-order chi connectivity index (χ0) is 11.1. The zero-order valence-electron chi connectivity index (χ0n) is 9.52. The van der Waals surface area contributed by atoms with Gasteiger partial charge in [0.1, 0.15) is 0 Å². The first-order valence-electron chi connectivity index (χ1n) is 5.17. The fourth-order valence-electron chi connectivity index (χ4n) is 1.28. The van der Waals surface area contributed by atoms with Crippen LogP contribution in [0, 0.1) is 6.92 Å². The van der Waals surface area contributed by atoms with Crippen LogP contribution in [0.4, 0.5) is 0 Å². The quantitative estimate of drug-likeness (QED) is 0.797. The Kier molecular flexibility index (Phi) is 6.60. The monoisotopic (exact) mass is 213 g/mol. The van der Waals surface area contributed by atoms with Gasteiger partial charge in [0.2, 0.25) is 0 Å². The van der Waals surface area contributed by atoms with Crippen LogP contribution in [0.5, 0.6) is 0 Å². The van der Waals surface area contributed by atoms with Crippen molar-refractivity contribution in [3.8, 4) is 0 Å². The highest BCUT2D eigenvalue weighted by Gasteiger charge is 2.02. The normalized spacial score (nSPS) is 9.29. The van der Waals surface area contributed by atoms with Crippen LogP contribution in [0.1, 0.15) is 37.5 Å². The summed E-state index contributed by atoms with van der Waals surface area (Å²) in [6, 6.07) is 4.07. The summed E-state index contributed by atoms with van der Waals surface area (Å²) >= 11 is 6.02. The second kappa shape index (κ2) is 6.86. The molecule has 0 atom stereocenters. The van der Waals surface area contributed by atoms with E-state index in [-0.39, 0.29) is 0 Å². The number of hydrogen-bond acceptors (Lipinski definition) is 1. The summed E-state index contributed by atoms with van der Waals surface area (Å²) in [4.78, 5) is 0. The number of halogens is 1. The smallest absolute Gasteiger partial charge is 0.0441 e. The topological polar surface area (TPSA) is 26.0 Å². The minimum atomic E-state index is 0.562. The average Bonchev–Trinajstić information content (AvgIpc) is 2.24. The highest BCUT2D eigenvalue weighted by molar-refractivity contribution is 6.31. The van der Waals surface area contributed by atoms with Crippen molar-refractivity contribution in [1.29, 1.82) is 0 Å². The van der Waals surface area contributed by atoms with Crippen LogP contribution in [0.25, 0.3) is 0 Å². The van der Waals surface area contributed by atoms with Crippen molar-refractivity contribution in [1.82, 2.24) is 0 Å². The highest BCUT2D eigenvalue weighted by atomic mass is 35.5. The molecule has 1 aromatic carbocycles. The summed E-state index contributed by atoms with van der Waals surface area (Å²) in [6.07, 6.45) is 1.01. The minimum Gasteiger partial charge on any atom is -0.326 e. The Bertz CT molecular complexity index is 282. The van der Waals surface area contributed by atoms with Gasteiger partial charge in [-0.25, -0.2) is 0 Å². The molecule has 0 spiro atoms. The number of rotatable bonds is 2. The summed E-state index contributed by atoms with van der Waals surface area (Å²) in [5.41, 5.74) is 9.12. The van der Waals surface area contributed by atoms with Gasteiger partial charge in [0, 0.05) is 11.6 Å². The Balaban J connectivity index is 0.000000791. The van der Waals surface area contributed by atoms with E-state index < -0.39 is 0 Å². The van der Waals surface area contributed by atoms with Gasteiger partial charge in [0.15, 0.2) is 0 Å². The molecule has 0 aliphatic carbocycles. The summed E-state index contributed by atoms with van der Waals surface area (Å²) in [5.74, 6) is 0. The predicted molar refractivity (Wildman–Crippen MR) is 64.8 cm³/mol. The molecule has 0 saturated heterocycles. The second-order valence-corrected chi connectivity index (χ2v) is 3.33. The van der Waals surface area contributed by atoms with Crippen LogP contribution in [0.2, 0.25) is 5.02 Å². The van der Waals surface area contributed by atoms with Gasteiger partial charge in [-0.15, -0.1) is 0 Å². The third-order valence-electron chi connectivity index (χ3n) is 2.13. The molecule has 80 valence electrons. The van der Waals surface area contributed by atoms with Crippen molar-refractivity contribution >= 4 is 11.6 Å². The fourth-order valence-corrected chi connectivity index (χ4v) is 1.54.